The van der Waals surface area contributed by atoms with E-state index in [2.05, 4.69) is 20.6 Å². The highest BCUT2D eigenvalue weighted by Gasteiger charge is 2.12. The minimum atomic E-state index is -0.716. The molecular weight excluding hydrogens is 272 g/mol. The van der Waals surface area contributed by atoms with Gasteiger partial charge in [-0.05, 0) is 24.7 Å². The van der Waals surface area contributed by atoms with Gasteiger partial charge in [0, 0.05) is 18.2 Å². The summed E-state index contributed by atoms with van der Waals surface area (Å²) in [5, 5.41) is 5.89. The summed E-state index contributed by atoms with van der Waals surface area (Å²) in [7, 11) is 0. The van der Waals surface area contributed by atoms with Crippen molar-refractivity contribution in [1.29, 1.82) is 0 Å². The van der Waals surface area contributed by atoms with Gasteiger partial charge in [-0.1, -0.05) is 13.8 Å². The van der Waals surface area contributed by atoms with Gasteiger partial charge in [0.05, 0.1) is 11.0 Å². The van der Waals surface area contributed by atoms with Crippen molar-refractivity contribution in [3.63, 3.8) is 0 Å². The molecule has 0 saturated carbocycles. The molecule has 112 valence electrons. The van der Waals surface area contributed by atoms with Gasteiger partial charge < -0.3 is 20.6 Å². The molecule has 1 unspecified atom stereocenters. The maximum absolute atomic E-state index is 12.0. The smallest absolute Gasteiger partial charge is 0.314 e. The fourth-order valence-corrected chi connectivity index (χ4v) is 1.91. The van der Waals surface area contributed by atoms with E-state index in [1.54, 1.807) is 18.2 Å². The number of carbonyl (C=O) groups is 1. The van der Waals surface area contributed by atoms with Crippen LogP contribution in [0.2, 0.25) is 0 Å². The van der Waals surface area contributed by atoms with Gasteiger partial charge >= 0.3 is 11.1 Å². The number of aromatic nitrogens is 2. The van der Waals surface area contributed by atoms with Crippen molar-refractivity contribution in [2.75, 3.05) is 18.4 Å². The molecule has 4 N–H and O–H groups in total. The van der Waals surface area contributed by atoms with Gasteiger partial charge in [0.1, 0.15) is 0 Å². The van der Waals surface area contributed by atoms with E-state index in [-0.39, 0.29) is 11.8 Å². The normalized spacial score (nSPS) is 12.3. The number of fused-ring (bicyclic) bond motifs is 1. The minimum Gasteiger partial charge on any atom is -0.326 e. The summed E-state index contributed by atoms with van der Waals surface area (Å²) in [5.41, 5.74) is 0.138. The van der Waals surface area contributed by atoms with E-state index in [9.17, 15) is 14.4 Å². The fraction of sp³-hybridized carbons (Fsp3) is 0.357. The van der Waals surface area contributed by atoms with Crippen LogP contribution < -0.4 is 21.8 Å². The summed E-state index contributed by atoms with van der Waals surface area (Å²) in [5.74, 6) is -0.280. The number of rotatable bonds is 5. The number of hydrogen-bond acceptors (Lipinski definition) is 4. The van der Waals surface area contributed by atoms with E-state index >= 15 is 0 Å². The SMILES string of the molecule is CCNCC(C)C(=O)Nc1ccc2[nH]c(=O)c(=O)[nH]c2c1. The van der Waals surface area contributed by atoms with Crippen molar-refractivity contribution in [2.45, 2.75) is 13.8 Å². The van der Waals surface area contributed by atoms with E-state index in [4.69, 9.17) is 0 Å². The molecule has 0 aliphatic heterocycles. The van der Waals surface area contributed by atoms with Gasteiger partial charge in [0.25, 0.3) is 0 Å². The fourth-order valence-electron chi connectivity index (χ4n) is 1.91. The molecule has 7 nitrogen and oxygen atoms in total. The van der Waals surface area contributed by atoms with Crippen LogP contribution in [0.5, 0.6) is 0 Å². The second-order valence-electron chi connectivity index (χ2n) is 4.87. The maximum atomic E-state index is 12.0. The molecule has 1 aromatic heterocycles. The number of hydrogen-bond donors (Lipinski definition) is 4. The van der Waals surface area contributed by atoms with E-state index in [0.717, 1.165) is 6.54 Å². The molecule has 1 atom stereocenters. The second-order valence-corrected chi connectivity index (χ2v) is 4.87. The summed E-state index contributed by atoms with van der Waals surface area (Å²) >= 11 is 0. The van der Waals surface area contributed by atoms with Gasteiger partial charge in [0.15, 0.2) is 0 Å². The highest BCUT2D eigenvalue weighted by atomic mass is 16.2. The number of benzene rings is 1. The van der Waals surface area contributed by atoms with Gasteiger partial charge in [-0.2, -0.15) is 0 Å². The monoisotopic (exact) mass is 290 g/mol. The zero-order valence-electron chi connectivity index (χ0n) is 11.9. The number of amides is 1. The topological polar surface area (TPSA) is 107 Å². The predicted molar refractivity (Wildman–Crippen MR) is 81.5 cm³/mol. The molecule has 0 radical (unpaired) electrons. The van der Waals surface area contributed by atoms with Crippen molar-refractivity contribution in [1.82, 2.24) is 15.3 Å². The Bertz CT molecular complexity index is 763. The molecule has 0 aliphatic carbocycles. The Labute approximate surface area is 120 Å². The molecule has 0 bridgehead atoms. The van der Waals surface area contributed by atoms with Gasteiger partial charge in [0.2, 0.25) is 5.91 Å². The van der Waals surface area contributed by atoms with Crippen LogP contribution in [0.25, 0.3) is 11.0 Å². The van der Waals surface area contributed by atoms with Crippen LogP contribution in [-0.2, 0) is 4.79 Å². The van der Waals surface area contributed by atoms with E-state index in [1.807, 2.05) is 13.8 Å². The average molecular weight is 290 g/mol. The largest absolute Gasteiger partial charge is 0.326 e. The number of carbonyl (C=O) groups excluding carboxylic acids is 1. The summed E-state index contributed by atoms with van der Waals surface area (Å²) in [6.45, 7) is 5.21. The molecule has 1 heterocycles. The Morgan fingerprint density at radius 1 is 1.19 bits per heavy atom. The summed E-state index contributed by atoms with van der Waals surface area (Å²) < 4.78 is 0. The molecule has 1 aromatic carbocycles. The van der Waals surface area contributed by atoms with Gasteiger partial charge in [-0.3, -0.25) is 14.4 Å². The number of aromatic amines is 2. The molecule has 2 rings (SSSR count). The van der Waals surface area contributed by atoms with Gasteiger partial charge in [-0.25, -0.2) is 0 Å². The van der Waals surface area contributed by atoms with Crippen molar-refractivity contribution in [3.8, 4) is 0 Å². The Morgan fingerprint density at radius 3 is 2.52 bits per heavy atom. The van der Waals surface area contributed by atoms with Crippen molar-refractivity contribution in [3.05, 3.63) is 38.9 Å². The number of H-pyrrole nitrogens is 2. The lowest BCUT2D eigenvalue weighted by Gasteiger charge is -2.12. The summed E-state index contributed by atoms with van der Waals surface area (Å²) in [6.07, 6.45) is 0. The lowest BCUT2D eigenvalue weighted by Crippen LogP contribution is -2.30. The summed E-state index contributed by atoms with van der Waals surface area (Å²) in [4.78, 5) is 39.4. The number of anilines is 1. The van der Waals surface area contributed by atoms with Crippen LogP contribution in [0.3, 0.4) is 0 Å². The third kappa shape index (κ3) is 3.57. The zero-order valence-corrected chi connectivity index (χ0v) is 11.9. The molecular formula is C14H18N4O3. The molecule has 0 spiro atoms. The maximum Gasteiger partial charge on any atom is 0.314 e. The zero-order chi connectivity index (χ0) is 15.4. The van der Waals surface area contributed by atoms with Crippen molar-refractivity contribution < 1.29 is 4.79 Å². The second kappa shape index (κ2) is 6.36. The Kier molecular flexibility index (Phi) is 4.54. The Hall–Kier alpha value is -2.41. The third-order valence-corrected chi connectivity index (χ3v) is 3.14. The molecule has 21 heavy (non-hydrogen) atoms. The Morgan fingerprint density at radius 2 is 1.86 bits per heavy atom. The predicted octanol–water partition coefficient (Wildman–Crippen LogP) is 0.400. The van der Waals surface area contributed by atoms with Crippen LogP contribution in [0.4, 0.5) is 5.69 Å². The third-order valence-electron chi connectivity index (χ3n) is 3.14. The van der Waals surface area contributed by atoms with Crippen LogP contribution in [0.1, 0.15) is 13.8 Å². The first-order valence-corrected chi connectivity index (χ1v) is 6.79. The van der Waals surface area contributed by atoms with Crippen molar-refractivity contribution in [2.24, 2.45) is 5.92 Å². The quantitative estimate of drug-likeness (QED) is 0.598. The Balaban J connectivity index is 2.19. The van der Waals surface area contributed by atoms with Gasteiger partial charge in [-0.15, -0.1) is 0 Å². The first kappa shape index (κ1) is 15.0. The lowest BCUT2D eigenvalue weighted by molar-refractivity contribution is -0.119. The van der Waals surface area contributed by atoms with Crippen LogP contribution in [-0.4, -0.2) is 29.0 Å². The summed E-state index contributed by atoms with van der Waals surface area (Å²) in [6, 6.07) is 4.93. The number of nitrogens with one attached hydrogen (secondary N) is 4. The van der Waals surface area contributed by atoms with Crippen LogP contribution in [0.15, 0.2) is 27.8 Å². The van der Waals surface area contributed by atoms with E-state index in [0.29, 0.717) is 23.3 Å². The molecule has 2 aromatic rings. The average Bonchev–Trinajstić information content (AvgIpc) is 2.46. The minimum absolute atomic E-state index is 0.109. The molecule has 1 amide bonds. The van der Waals surface area contributed by atoms with Crippen LogP contribution >= 0.6 is 0 Å². The van der Waals surface area contributed by atoms with Crippen molar-refractivity contribution >= 4 is 22.6 Å². The molecule has 0 saturated heterocycles. The lowest BCUT2D eigenvalue weighted by atomic mass is 10.1. The molecule has 0 fully saturated rings. The molecule has 7 heteroatoms. The first-order valence-electron chi connectivity index (χ1n) is 6.79. The first-order chi connectivity index (χ1) is 10.0. The van der Waals surface area contributed by atoms with E-state index in [1.165, 1.54) is 0 Å². The molecule has 0 aliphatic rings. The van der Waals surface area contributed by atoms with Crippen LogP contribution in [0, 0.1) is 5.92 Å². The highest BCUT2D eigenvalue weighted by Crippen LogP contribution is 2.14. The standard InChI is InChI=1S/C14H18N4O3/c1-3-15-7-8(2)12(19)16-9-4-5-10-11(6-9)18-14(21)13(20)17-10/h4-6,8,15H,3,7H2,1-2H3,(H,16,19)(H,17,20)(H,18,21). The highest BCUT2D eigenvalue weighted by molar-refractivity contribution is 5.94. The van der Waals surface area contributed by atoms with E-state index < -0.39 is 11.1 Å².